The van der Waals surface area contributed by atoms with Gasteiger partial charge in [-0.3, -0.25) is 0 Å². The Balaban J connectivity index is 1.86. The molecule has 0 aliphatic heterocycles. The lowest BCUT2D eigenvalue weighted by atomic mass is 10.0. The Bertz CT molecular complexity index is 488. The lowest BCUT2D eigenvalue weighted by Crippen LogP contribution is -2.20. The Labute approximate surface area is 116 Å². The summed E-state index contributed by atoms with van der Waals surface area (Å²) >= 11 is 0. The second kappa shape index (κ2) is 7.55. The van der Waals surface area contributed by atoms with E-state index in [1.165, 1.54) is 11.1 Å². The van der Waals surface area contributed by atoms with Gasteiger partial charge in [0.05, 0.1) is 0 Å². The van der Waals surface area contributed by atoms with E-state index in [0.717, 1.165) is 13.0 Å². The van der Waals surface area contributed by atoms with Gasteiger partial charge in [-0.1, -0.05) is 79.7 Å². The monoisotopic (exact) mass is 251 g/mol. The van der Waals surface area contributed by atoms with Gasteiger partial charge in [0.2, 0.25) is 0 Å². The predicted octanol–water partition coefficient (Wildman–Crippen LogP) is 4.44. The number of hydrogen-bond donors (Lipinski definition) is 1. The molecule has 0 fully saturated rings. The van der Waals surface area contributed by atoms with Crippen LogP contribution in [-0.4, -0.2) is 6.54 Å². The van der Waals surface area contributed by atoms with Crippen LogP contribution in [0.25, 0.3) is 6.08 Å². The highest BCUT2D eigenvalue weighted by atomic mass is 14.9. The Morgan fingerprint density at radius 1 is 0.947 bits per heavy atom. The summed E-state index contributed by atoms with van der Waals surface area (Å²) in [5.41, 5.74) is 2.61. The van der Waals surface area contributed by atoms with Gasteiger partial charge in [0.1, 0.15) is 0 Å². The fraction of sp³-hybridized carbons (Fsp3) is 0.222. The molecule has 2 rings (SSSR count). The summed E-state index contributed by atoms with van der Waals surface area (Å²) in [6.45, 7) is 3.11. The molecule has 1 heteroatoms. The van der Waals surface area contributed by atoms with Crippen LogP contribution in [0, 0.1) is 0 Å². The maximum Gasteiger partial charge on any atom is 0.0320 e. The van der Waals surface area contributed by atoms with Gasteiger partial charge < -0.3 is 5.32 Å². The van der Waals surface area contributed by atoms with E-state index in [1.54, 1.807) is 0 Å². The van der Waals surface area contributed by atoms with Crippen LogP contribution in [0.3, 0.4) is 0 Å². The van der Waals surface area contributed by atoms with Crippen LogP contribution in [-0.2, 0) is 0 Å². The lowest BCUT2D eigenvalue weighted by molar-refractivity contribution is 0.552. The van der Waals surface area contributed by atoms with E-state index in [-0.39, 0.29) is 0 Å². The number of nitrogens with one attached hydrogen (secondary N) is 1. The predicted molar refractivity (Wildman–Crippen MR) is 83.0 cm³/mol. The highest BCUT2D eigenvalue weighted by Gasteiger charge is 2.05. The molecule has 0 radical (unpaired) electrons. The maximum absolute atomic E-state index is 3.57. The first-order chi connectivity index (χ1) is 9.40. The third-order valence-corrected chi connectivity index (χ3v) is 3.20. The number of hydrogen-bond acceptors (Lipinski definition) is 1. The molecular weight excluding hydrogens is 230 g/mol. The molecule has 0 aliphatic carbocycles. The van der Waals surface area contributed by atoms with Gasteiger partial charge in [-0.15, -0.1) is 0 Å². The van der Waals surface area contributed by atoms with E-state index < -0.39 is 0 Å². The average Bonchev–Trinajstić information content (AvgIpc) is 2.49. The second-order valence-electron chi connectivity index (χ2n) is 4.59. The molecule has 0 saturated carbocycles. The molecule has 0 aromatic heterocycles. The summed E-state index contributed by atoms with van der Waals surface area (Å²) < 4.78 is 0. The number of benzene rings is 2. The van der Waals surface area contributed by atoms with Gasteiger partial charge in [0.25, 0.3) is 0 Å². The zero-order valence-electron chi connectivity index (χ0n) is 11.4. The van der Waals surface area contributed by atoms with Crippen molar-refractivity contribution in [2.45, 2.75) is 19.4 Å². The largest absolute Gasteiger partial charge is 0.306 e. The topological polar surface area (TPSA) is 12.0 Å². The van der Waals surface area contributed by atoms with Crippen molar-refractivity contribution < 1.29 is 0 Å². The molecule has 1 unspecified atom stereocenters. The van der Waals surface area contributed by atoms with Crippen LogP contribution in [0.15, 0.2) is 66.7 Å². The van der Waals surface area contributed by atoms with Gasteiger partial charge in [0.15, 0.2) is 0 Å². The van der Waals surface area contributed by atoms with Crippen LogP contribution >= 0.6 is 0 Å². The molecule has 0 amide bonds. The summed E-state index contributed by atoms with van der Waals surface area (Å²) in [5.74, 6) is 0. The van der Waals surface area contributed by atoms with Gasteiger partial charge in [-0.25, -0.2) is 0 Å². The quantitative estimate of drug-likeness (QED) is 0.800. The van der Waals surface area contributed by atoms with Crippen LogP contribution < -0.4 is 5.32 Å². The summed E-state index contributed by atoms with van der Waals surface area (Å²) in [4.78, 5) is 0. The fourth-order valence-corrected chi connectivity index (χ4v) is 2.15. The highest BCUT2D eigenvalue weighted by Crippen LogP contribution is 2.15. The van der Waals surface area contributed by atoms with E-state index in [1.807, 2.05) is 6.07 Å². The highest BCUT2D eigenvalue weighted by molar-refractivity contribution is 5.48. The molecule has 19 heavy (non-hydrogen) atoms. The second-order valence-corrected chi connectivity index (χ2v) is 4.59. The Morgan fingerprint density at radius 3 is 2.21 bits per heavy atom. The Morgan fingerprint density at radius 2 is 1.58 bits per heavy atom. The lowest BCUT2D eigenvalue weighted by Gasteiger charge is -2.16. The van der Waals surface area contributed by atoms with Crippen molar-refractivity contribution in [3.8, 4) is 0 Å². The standard InChI is InChI=1S/C18H21N/c1-2-18(17-13-7-4-8-14-17)19-15-9-12-16-10-5-3-6-11-16/h3-14,18-19H,2,15H2,1H3. The molecule has 1 N–H and O–H groups in total. The molecule has 0 saturated heterocycles. The first-order valence-electron chi connectivity index (χ1n) is 6.90. The van der Waals surface area contributed by atoms with Crippen molar-refractivity contribution in [3.63, 3.8) is 0 Å². The van der Waals surface area contributed by atoms with E-state index in [0.29, 0.717) is 6.04 Å². The van der Waals surface area contributed by atoms with Gasteiger partial charge in [-0.05, 0) is 17.5 Å². The minimum atomic E-state index is 0.432. The van der Waals surface area contributed by atoms with Crippen LogP contribution in [0.1, 0.15) is 30.5 Å². The summed E-state index contributed by atoms with van der Waals surface area (Å²) in [6.07, 6.45) is 5.44. The third-order valence-electron chi connectivity index (χ3n) is 3.20. The van der Waals surface area contributed by atoms with Crippen molar-refractivity contribution >= 4 is 6.08 Å². The molecule has 98 valence electrons. The maximum atomic E-state index is 3.57. The van der Waals surface area contributed by atoms with E-state index in [4.69, 9.17) is 0 Å². The van der Waals surface area contributed by atoms with Crippen molar-refractivity contribution in [1.29, 1.82) is 0 Å². The summed E-state index contributed by atoms with van der Waals surface area (Å²) in [6, 6.07) is 21.4. The van der Waals surface area contributed by atoms with Gasteiger partial charge in [0, 0.05) is 12.6 Å². The van der Waals surface area contributed by atoms with Crippen LogP contribution in [0.2, 0.25) is 0 Å². The van der Waals surface area contributed by atoms with Crippen molar-refractivity contribution in [1.82, 2.24) is 5.32 Å². The molecule has 2 aromatic carbocycles. The molecule has 0 spiro atoms. The molecule has 0 bridgehead atoms. The van der Waals surface area contributed by atoms with Crippen LogP contribution in [0.5, 0.6) is 0 Å². The minimum absolute atomic E-state index is 0.432. The van der Waals surface area contributed by atoms with Crippen LogP contribution in [0.4, 0.5) is 0 Å². The van der Waals surface area contributed by atoms with Crippen molar-refractivity contribution in [2.75, 3.05) is 6.54 Å². The first-order valence-corrected chi connectivity index (χ1v) is 6.90. The zero-order valence-corrected chi connectivity index (χ0v) is 11.4. The third kappa shape index (κ3) is 4.38. The Hall–Kier alpha value is -1.86. The first kappa shape index (κ1) is 13.6. The van der Waals surface area contributed by atoms with E-state index in [2.05, 4.69) is 79.0 Å². The average molecular weight is 251 g/mol. The van der Waals surface area contributed by atoms with E-state index in [9.17, 15) is 0 Å². The molecule has 1 nitrogen and oxygen atoms in total. The molecule has 2 aromatic rings. The summed E-state index contributed by atoms with van der Waals surface area (Å²) in [7, 11) is 0. The molecule has 0 aliphatic rings. The smallest absolute Gasteiger partial charge is 0.0320 e. The van der Waals surface area contributed by atoms with E-state index >= 15 is 0 Å². The summed E-state index contributed by atoms with van der Waals surface area (Å²) in [5, 5.41) is 3.57. The SMILES string of the molecule is CCC(NCC=Cc1ccccc1)c1ccccc1. The normalized spacial score (nSPS) is 12.7. The molecule has 0 heterocycles. The zero-order chi connectivity index (χ0) is 13.3. The molecular formula is C18H21N. The van der Waals surface area contributed by atoms with Crippen molar-refractivity contribution in [3.05, 3.63) is 77.9 Å². The van der Waals surface area contributed by atoms with Gasteiger partial charge in [-0.2, -0.15) is 0 Å². The van der Waals surface area contributed by atoms with Crippen molar-refractivity contribution in [2.24, 2.45) is 0 Å². The number of rotatable bonds is 6. The Kier molecular flexibility index (Phi) is 5.39. The fourth-order valence-electron chi connectivity index (χ4n) is 2.15. The molecule has 1 atom stereocenters. The van der Waals surface area contributed by atoms with Gasteiger partial charge >= 0.3 is 0 Å². The minimum Gasteiger partial charge on any atom is -0.306 e.